The molecule has 0 N–H and O–H groups in total. The zero-order valence-electron chi connectivity index (χ0n) is 18.6. The molecular formula is C24H36NO2P. The van der Waals surface area contributed by atoms with E-state index in [1.54, 1.807) is 7.11 Å². The van der Waals surface area contributed by atoms with E-state index in [9.17, 15) is 0 Å². The van der Waals surface area contributed by atoms with Crippen molar-refractivity contribution in [2.45, 2.75) is 53.1 Å². The van der Waals surface area contributed by atoms with Gasteiger partial charge in [-0.3, -0.25) is 0 Å². The summed E-state index contributed by atoms with van der Waals surface area (Å²) >= 11 is 0. The van der Waals surface area contributed by atoms with Crippen LogP contribution < -0.4 is 14.9 Å². The molecule has 0 aliphatic heterocycles. The van der Waals surface area contributed by atoms with Gasteiger partial charge in [-0.1, -0.05) is 52.8 Å². The van der Waals surface area contributed by atoms with Crippen molar-refractivity contribution in [3.05, 3.63) is 53.1 Å². The van der Waals surface area contributed by atoms with Crippen LogP contribution in [0, 0.1) is 13.8 Å². The Morgan fingerprint density at radius 3 is 2.21 bits per heavy atom. The molecule has 0 fully saturated rings. The Morgan fingerprint density at radius 1 is 0.964 bits per heavy atom. The monoisotopic (exact) mass is 401 g/mol. The van der Waals surface area contributed by atoms with Crippen molar-refractivity contribution in [1.29, 1.82) is 0 Å². The molecule has 2 aromatic carbocycles. The molecule has 0 aliphatic rings. The van der Waals surface area contributed by atoms with Gasteiger partial charge in [-0.05, 0) is 56.6 Å². The second-order valence-corrected chi connectivity index (χ2v) is 9.31. The number of ether oxygens (including phenoxy) is 2. The normalized spacial score (nSPS) is 13.7. The van der Waals surface area contributed by atoms with Crippen LogP contribution in [-0.2, 0) is 9.89 Å². The maximum Gasteiger partial charge on any atom is 0.188 e. The van der Waals surface area contributed by atoms with Gasteiger partial charge in [0, 0.05) is 36.6 Å². The summed E-state index contributed by atoms with van der Waals surface area (Å²) in [6.07, 6.45) is 1.05. The van der Waals surface area contributed by atoms with Crippen molar-refractivity contribution >= 4 is 19.6 Å². The molecule has 0 amide bonds. The van der Waals surface area contributed by atoms with E-state index in [1.165, 1.54) is 22.1 Å². The van der Waals surface area contributed by atoms with Gasteiger partial charge in [-0.2, -0.15) is 0 Å². The van der Waals surface area contributed by atoms with E-state index in [1.807, 2.05) is 0 Å². The molecule has 2 atom stereocenters. The molecule has 0 spiro atoms. The Balaban J connectivity index is 2.54. The fraction of sp³-hybridized carbons (Fsp3) is 0.500. The zero-order chi connectivity index (χ0) is 20.7. The molecule has 0 radical (unpaired) electrons. The highest BCUT2D eigenvalue weighted by Crippen LogP contribution is 2.49. The van der Waals surface area contributed by atoms with E-state index < -0.39 is 0 Å². The lowest BCUT2D eigenvalue weighted by Gasteiger charge is -2.34. The summed E-state index contributed by atoms with van der Waals surface area (Å²) in [6, 6.07) is 13.2. The number of hydrogen-bond donors (Lipinski definition) is 0. The minimum Gasteiger partial charge on any atom is -0.467 e. The fourth-order valence-corrected chi connectivity index (χ4v) is 5.37. The first-order valence-electron chi connectivity index (χ1n) is 10.3. The van der Waals surface area contributed by atoms with Gasteiger partial charge in [-0.25, -0.2) is 0 Å². The molecular weight excluding hydrogens is 365 g/mol. The molecule has 2 unspecified atom stereocenters. The van der Waals surface area contributed by atoms with E-state index in [0.717, 1.165) is 30.8 Å². The molecule has 28 heavy (non-hydrogen) atoms. The molecule has 4 heteroatoms. The predicted octanol–water partition coefficient (Wildman–Crippen LogP) is 5.76. The quantitative estimate of drug-likeness (QED) is 0.373. The summed E-state index contributed by atoms with van der Waals surface area (Å²) in [5.74, 6) is 0.971. The lowest BCUT2D eigenvalue weighted by Crippen LogP contribution is -2.29. The number of aryl methyl sites for hydroxylation is 2. The maximum absolute atomic E-state index is 6.02. The third kappa shape index (κ3) is 4.88. The molecule has 2 aromatic rings. The van der Waals surface area contributed by atoms with Crippen LogP contribution >= 0.6 is 8.58 Å². The molecule has 0 bridgehead atoms. The summed E-state index contributed by atoms with van der Waals surface area (Å²) in [5.41, 5.74) is 5.18. The smallest absolute Gasteiger partial charge is 0.188 e. The first-order chi connectivity index (χ1) is 13.4. The number of nitrogens with zero attached hydrogens (tertiary/aromatic N) is 1. The van der Waals surface area contributed by atoms with Crippen molar-refractivity contribution in [2.75, 3.05) is 31.9 Å². The van der Waals surface area contributed by atoms with Crippen molar-refractivity contribution in [3.63, 3.8) is 0 Å². The molecule has 2 rings (SSSR count). The lowest BCUT2D eigenvalue weighted by molar-refractivity contribution is 0.0495. The summed E-state index contributed by atoms with van der Waals surface area (Å²) in [7, 11) is 2.33. The third-order valence-electron chi connectivity index (χ3n) is 5.59. The molecule has 154 valence electrons. The Hall–Kier alpha value is -1.57. The largest absolute Gasteiger partial charge is 0.467 e. The summed E-state index contributed by atoms with van der Waals surface area (Å²) < 4.78 is 11.2. The van der Waals surface area contributed by atoms with Crippen molar-refractivity contribution < 1.29 is 9.47 Å². The second kappa shape index (κ2) is 10.3. The van der Waals surface area contributed by atoms with Crippen LogP contribution in [0.1, 0.15) is 50.8 Å². The Bertz CT molecular complexity index is 773. The fourth-order valence-electron chi connectivity index (χ4n) is 3.66. The summed E-state index contributed by atoms with van der Waals surface area (Å²) in [4.78, 5) is 2.46. The first-order valence-corrected chi connectivity index (χ1v) is 11.3. The van der Waals surface area contributed by atoms with Gasteiger partial charge in [0.2, 0.25) is 0 Å². The minimum atomic E-state index is 0.00309. The highest BCUT2D eigenvalue weighted by Gasteiger charge is 2.31. The Morgan fingerprint density at radius 2 is 1.61 bits per heavy atom. The average Bonchev–Trinajstić information content (AvgIpc) is 2.70. The van der Waals surface area contributed by atoms with Gasteiger partial charge in [0.15, 0.2) is 6.79 Å². The van der Waals surface area contributed by atoms with Gasteiger partial charge in [0.25, 0.3) is 0 Å². The summed E-state index contributed by atoms with van der Waals surface area (Å²) in [5, 5.41) is 1.47. The average molecular weight is 402 g/mol. The van der Waals surface area contributed by atoms with Crippen molar-refractivity contribution in [1.82, 2.24) is 0 Å². The van der Waals surface area contributed by atoms with E-state index in [2.05, 4.69) is 82.8 Å². The number of methoxy groups -OCH3 is 1. The predicted molar refractivity (Wildman–Crippen MR) is 124 cm³/mol. The summed E-state index contributed by atoms with van der Waals surface area (Å²) in [6.45, 7) is 15.8. The highest BCUT2D eigenvalue weighted by molar-refractivity contribution is 7.49. The van der Waals surface area contributed by atoms with Crippen LogP contribution in [0.5, 0.6) is 5.75 Å². The van der Waals surface area contributed by atoms with Crippen LogP contribution in [-0.4, -0.2) is 27.0 Å². The molecule has 0 aliphatic carbocycles. The molecule has 0 heterocycles. The van der Waals surface area contributed by atoms with Gasteiger partial charge in [0.1, 0.15) is 5.75 Å². The van der Waals surface area contributed by atoms with Gasteiger partial charge >= 0.3 is 0 Å². The van der Waals surface area contributed by atoms with Crippen LogP contribution in [0.2, 0.25) is 0 Å². The number of rotatable bonds is 10. The van der Waals surface area contributed by atoms with Crippen LogP contribution in [0.4, 0.5) is 5.69 Å². The van der Waals surface area contributed by atoms with Gasteiger partial charge in [0.05, 0.1) is 0 Å². The van der Waals surface area contributed by atoms with E-state index in [0.29, 0.717) is 8.58 Å². The van der Waals surface area contributed by atoms with Crippen LogP contribution in [0.15, 0.2) is 36.4 Å². The van der Waals surface area contributed by atoms with E-state index in [4.69, 9.17) is 9.47 Å². The number of para-hydroxylation sites is 1. The Labute approximate surface area is 173 Å². The van der Waals surface area contributed by atoms with Gasteiger partial charge in [-0.15, -0.1) is 0 Å². The van der Waals surface area contributed by atoms with Gasteiger partial charge < -0.3 is 14.4 Å². The minimum absolute atomic E-state index is 0.00309. The third-order valence-corrected chi connectivity index (χ3v) is 7.67. The molecule has 0 saturated carbocycles. The Kier molecular flexibility index (Phi) is 8.34. The molecule has 3 nitrogen and oxygen atoms in total. The number of anilines is 1. The van der Waals surface area contributed by atoms with E-state index >= 15 is 0 Å². The SMILES string of the molecule is CCN(CC)c1cccc(C)c1PC(C)(CC)c1cccc(C)c1OCOC. The first kappa shape index (κ1) is 22.7. The van der Waals surface area contributed by atoms with Crippen LogP contribution in [0.3, 0.4) is 0 Å². The highest BCUT2D eigenvalue weighted by atomic mass is 31.1. The van der Waals surface area contributed by atoms with Crippen LogP contribution in [0.25, 0.3) is 0 Å². The second-order valence-electron chi connectivity index (χ2n) is 7.45. The standard InChI is InChI=1S/C24H36NO2P/c1-8-24(6,20-15-11-13-18(4)22(20)27-17-26-7)28-23-19(5)14-12-16-21(23)25(9-2)10-3/h11-16,28H,8-10,17H2,1-7H3. The van der Waals surface area contributed by atoms with Crippen molar-refractivity contribution in [2.24, 2.45) is 0 Å². The topological polar surface area (TPSA) is 21.7 Å². The lowest BCUT2D eigenvalue weighted by atomic mass is 9.94. The number of hydrogen-bond acceptors (Lipinski definition) is 3. The molecule has 0 saturated heterocycles. The molecule has 0 aromatic heterocycles. The maximum atomic E-state index is 6.02. The number of benzene rings is 2. The van der Waals surface area contributed by atoms with E-state index in [-0.39, 0.29) is 11.9 Å². The van der Waals surface area contributed by atoms with Crippen molar-refractivity contribution in [3.8, 4) is 5.75 Å². The zero-order valence-corrected chi connectivity index (χ0v) is 19.6.